The first-order valence-electron chi connectivity index (χ1n) is 6.83. The number of aryl methyl sites for hydroxylation is 1. The number of nitrogens with one attached hydrogen (secondary N) is 1. The van der Waals surface area contributed by atoms with Gasteiger partial charge in [-0.25, -0.2) is 4.98 Å². The molecule has 1 fully saturated rings. The standard InChI is InChI=1S/C14H24N2OS/c1-11-4-6-14(7-5-11,15-8-9-17-3)13-16-12(2)10-18-13/h10-11,15H,4-9H2,1-3H3. The van der Waals surface area contributed by atoms with Crippen LogP contribution in [0.2, 0.25) is 0 Å². The predicted octanol–water partition coefficient (Wildman–Crippen LogP) is 3.09. The zero-order chi connectivity index (χ0) is 13.0. The molecule has 0 spiro atoms. The van der Waals surface area contributed by atoms with Crippen LogP contribution in [0, 0.1) is 12.8 Å². The lowest BCUT2D eigenvalue weighted by molar-refractivity contribution is 0.154. The van der Waals surface area contributed by atoms with Crippen LogP contribution in [-0.2, 0) is 10.3 Å². The molecule has 1 aromatic rings. The Balaban J connectivity index is 2.11. The van der Waals surface area contributed by atoms with Gasteiger partial charge in [-0.05, 0) is 38.5 Å². The second-order valence-electron chi connectivity index (χ2n) is 5.48. The van der Waals surface area contributed by atoms with Crippen molar-refractivity contribution >= 4 is 11.3 Å². The van der Waals surface area contributed by atoms with Crippen molar-refractivity contribution in [2.45, 2.75) is 45.1 Å². The van der Waals surface area contributed by atoms with Crippen molar-refractivity contribution in [3.63, 3.8) is 0 Å². The maximum Gasteiger partial charge on any atom is 0.113 e. The van der Waals surface area contributed by atoms with Crippen LogP contribution in [0.3, 0.4) is 0 Å². The third-order valence-electron chi connectivity index (χ3n) is 3.93. The van der Waals surface area contributed by atoms with Gasteiger partial charge in [-0.3, -0.25) is 0 Å². The van der Waals surface area contributed by atoms with Gasteiger partial charge in [0.1, 0.15) is 5.01 Å². The van der Waals surface area contributed by atoms with Crippen molar-refractivity contribution in [1.29, 1.82) is 0 Å². The Hall–Kier alpha value is -0.450. The minimum atomic E-state index is 0.101. The summed E-state index contributed by atoms with van der Waals surface area (Å²) >= 11 is 1.80. The van der Waals surface area contributed by atoms with E-state index < -0.39 is 0 Å². The number of ether oxygens (including phenoxy) is 1. The van der Waals surface area contributed by atoms with E-state index >= 15 is 0 Å². The highest BCUT2D eigenvalue weighted by Crippen LogP contribution is 2.40. The quantitative estimate of drug-likeness (QED) is 0.833. The number of nitrogens with zero attached hydrogens (tertiary/aromatic N) is 1. The number of rotatable bonds is 5. The van der Waals surface area contributed by atoms with Gasteiger partial charge in [0.15, 0.2) is 0 Å². The van der Waals surface area contributed by atoms with Crippen molar-refractivity contribution < 1.29 is 4.74 Å². The highest BCUT2D eigenvalue weighted by Gasteiger charge is 2.37. The molecule has 4 heteroatoms. The van der Waals surface area contributed by atoms with Crippen LogP contribution in [0.25, 0.3) is 0 Å². The second-order valence-corrected chi connectivity index (χ2v) is 6.34. The maximum atomic E-state index is 5.16. The van der Waals surface area contributed by atoms with Gasteiger partial charge in [-0.15, -0.1) is 11.3 Å². The normalized spacial score (nSPS) is 28.5. The summed E-state index contributed by atoms with van der Waals surface area (Å²) in [5, 5.41) is 7.14. The highest BCUT2D eigenvalue weighted by atomic mass is 32.1. The van der Waals surface area contributed by atoms with Gasteiger partial charge in [0.2, 0.25) is 0 Å². The van der Waals surface area contributed by atoms with Crippen molar-refractivity contribution in [3.05, 3.63) is 16.1 Å². The minimum Gasteiger partial charge on any atom is -0.383 e. The van der Waals surface area contributed by atoms with Gasteiger partial charge in [-0.2, -0.15) is 0 Å². The smallest absolute Gasteiger partial charge is 0.113 e. The van der Waals surface area contributed by atoms with Crippen LogP contribution in [0.5, 0.6) is 0 Å². The molecule has 1 aliphatic rings. The number of hydrogen-bond donors (Lipinski definition) is 1. The van der Waals surface area contributed by atoms with Gasteiger partial charge >= 0.3 is 0 Å². The lowest BCUT2D eigenvalue weighted by atomic mass is 9.77. The number of thiazole rings is 1. The number of hydrogen-bond acceptors (Lipinski definition) is 4. The Morgan fingerprint density at radius 1 is 1.50 bits per heavy atom. The Morgan fingerprint density at radius 3 is 2.78 bits per heavy atom. The molecule has 1 aromatic heterocycles. The van der Waals surface area contributed by atoms with Crippen LogP contribution in [0.15, 0.2) is 5.38 Å². The molecule has 0 aliphatic heterocycles. The summed E-state index contributed by atoms with van der Waals surface area (Å²) in [6.45, 7) is 6.10. The molecule has 0 atom stereocenters. The summed E-state index contributed by atoms with van der Waals surface area (Å²) in [4.78, 5) is 4.73. The fourth-order valence-electron chi connectivity index (χ4n) is 2.69. The fraction of sp³-hybridized carbons (Fsp3) is 0.786. The van der Waals surface area contributed by atoms with E-state index in [-0.39, 0.29) is 5.54 Å². The Labute approximate surface area is 114 Å². The molecule has 3 nitrogen and oxygen atoms in total. The van der Waals surface area contributed by atoms with Crippen LogP contribution >= 0.6 is 11.3 Å². The lowest BCUT2D eigenvalue weighted by Crippen LogP contribution is -2.46. The van der Waals surface area contributed by atoms with Crippen molar-refractivity contribution in [1.82, 2.24) is 10.3 Å². The van der Waals surface area contributed by atoms with E-state index in [1.807, 2.05) is 0 Å². The van der Waals surface area contributed by atoms with Gasteiger partial charge in [0.05, 0.1) is 12.1 Å². The summed E-state index contributed by atoms with van der Waals surface area (Å²) in [6, 6.07) is 0. The zero-order valence-corrected chi connectivity index (χ0v) is 12.5. The molecular formula is C14H24N2OS. The zero-order valence-electron chi connectivity index (χ0n) is 11.7. The van der Waals surface area contributed by atoms with Crippen LogP contribution < -0.4 is 5.32 Å². The fourth-order valence-corrected chi connectivity index (χ4v) is 3.72. The molecule has 0 saturated heterocycles. The molecule has 0 amide bonds. The van der Waals surface area contributed by atoms with Gasteiger partial charge < -0.3 is 10.1 Å². The first-order valence-corrected chi connectivity index (χ1v) is 7.71. The SMILES string of the molecule is COCCNC1(c2nc(C)cs2)CCC(C)CC1. The van der Waals surface area contributed by atoms with E-state index in [9.17, 15) is 0 Å². The van der Waals surface area contributed by atoms with Crippen LogP contribution in [0.1, 0.15) is 43.3 Å². The topological polar surface area (TPSA) is 34.1 Å². The molecule has 18 heavy (non-hydrogen) atoms. The second kappa shape index (κ2) is 6.13. The average Bonchev–Trinajstić information content (AvgIpc) is 2.80. The predicted molar refractivity (Wildman–Crippen MR) is 76.0 cm³/mol. The Morgan fingerprint density at radius 2 is 2.22 bits per heavy atom. The van der Waals surface area contributed by atoms with E-state index in [0.29, 0.717) is 0 Å². The Kier molecular flexibility index (Phi) is 4.76. The van der Waals surface area contributed by atoms with E-state index in [1.165, 1.54) is 30.7 Å². The molecule has 102 valence electrons. The van der Waals surface area contributed by atoms with Crippen molar-refractivity contribution in [2.75, 3.05) is 20.3 Å². The third-order valence-corrected chi connectivity index (χ3v) is 5.09. The monoisotopic (exact) mass is 268 g/mol. The van der Waals surface area contributed by atoms with Gasteiger partial charge in [0.25, 0.3) is 0 Å². The largest absolute Gasteiger partial charge is 0.383 e. The van der Waals surface area contributed by atoms with Gasteiger partial charge in [-0.1, -0.05) is 6.92 Å². The number of methoxy groups -OCH3 is 1. The molecule has 0 radical (unpaired) electrons. The van der Waals surface area contributed by atoms with E-state index in [2.05, 4.69) is 24.5 Å². The molecule has 1 N–H and O–H groups in total. The molecule has 2 rings (SSSR count). The third kappa shape index (κ3) is 3.11. The summed E-state index contributed by atoms with van der Waals surface area (Å²) in [7, 11) is 1.75. The van der Waals surface area contributed by atoms with Crippen molar-refractivity contribution in [2.24, 2.45) is 5.92 Å². The first-order chi connectivity index (χ1) is 8.66. The highest BCUT2D eigenvalue weighted by molar-refractivity contribution is 7.09. The van der Waals surface area contributed by atoms with Crippen LogP contribution in [-0.4, -0.2) is 25.2 Å². The molecule has 1 saturated carbocycles. The molecular weight excluding hydrogens is 244 g/mol. The summed E-state index contributed by atoms with van der Waals surface area (Å²) in [6.07, 6.45) is 4.98. The molecule has 1 heterocycles. The summed E-state index contributed by atoms with van der Waals surface area (Å²) in [5.41, 5.74) is 1.24. The molecule has 1 aliphatic carbocycles. The molecule has 0 bridgehead atoms. The molecule has 0 unspecified atom stereocenters. The van der Waals surface area contributed by atoms with E-state index in [4.69, 9.17) is 9.72 Å². The van der Waals surface area contributed by atoms with Crippen LogP contribution in [0.4, 0.5) is 0 Å². The van der Waals surface area contributed by atoms with E-state index in [0.717, 1.165) is 24.8 Å². The summed E-state index contributed by atoms with van der Waals surface area (Å²) < 4.78 is 5.16. The average molecular weight is 268 g/mol. The van der Waals surface area contributed by atoms with E-state index in [1.54, 1.807) is 18.4 Å². The van der Waals surface area contributed by atoms with Gasteiger partial charge in [0, 0.05) is 24.7 Å². The summed E-state index contributed by atoms with van der Waals surface area (Å²) in [5.74, 6) is 0.850. The van der Waals surface area contributed by atoms with Crippen molar-refractivity contribution in [3.8, 4) is 0 Å². The number of aromatic nitrogens is 1. The maximum absolute atomic E-state index is 5.16. The Bertz CT molecular complexity index is 370. The molecule has 0 aromatic carbocycles. The first kappa shape index (κ1) is 14.0. The lowest BCUT2D eigenvalue weighted by Gasteiger charge is -2.39. The minimum absolute atomic E-state index is 0.101.